The van der Waals surface area contributed by atoms with Crippen molar-refractivity contribution in [1.29, 1.82) is 0 Å². The molecule has 0 radical (unpaired) electrons. The van der Waals surface area contributed by atoms with Crippen LogP contribution in [0.5, 0.6) is 11.5 Å². The van der Waals surface area contributed by atoms with Crippen molar-refractivity contribution in [3.05, 3.63) is 108 Å². The Morgan fingerprint density at radius 2 is 1.59 bits per heavy atom. The second-order valence-corrected chi connectivity index (χ2v) is 8.47. The number of phenolic OH excluding ortho intramolecular Hbond substituents is 1. The predicted molar refractivity (Wildman–Crippen MR) is 137 cm³/mol. The summed E-state index contributed by atoms with van der Waals surface area (Å²) in [4.78, 5) is 13.3. The van der Waals surface area contributed by atoms with Crippen LogP contribution in [0.25, 0.3) is 10.8 Å². The van der Waals surface area contributed by atoms with Gasteiger partial charge in [0.25, 0.3) is 5.91 Å². The van der Waals surface area contributed by atoms with E-state index in [1.807, 2.05) is 72.8 Å². The first-order valence-corrected chi connectivity index (χ1v) is 12.0. The van der Waals surface area contributed by atoms with E-state index in [4.69, 9.17) is 4.74 Å². The molecule has 1 amide bonds. The highest BCUT2D eigenvalue weighted by atomic mass is 16.5. The lowest BCUT2D eigenvalue weighted by molar-refractivity contribution is 0.0943. The van der Waals surface area contributed by atoms with Crippen LogP contribution in [0.2, 0.25) is 0 Å². The number of unbranched alkanes of at least 4 members (excludes halogenated alkanes) is 3. The molecule has 0 aliphatic carbocycles. The summed E-state index contributed by atoms with van der Waals surface area (Å²) in [5.74, 6) is 0.703. The van der Waals surface area contributed by atoms with Crippen LogP contribution in [-0.2, 0) is 0 Å². The van der Waals surface area contributed by atoms with Crippen molar-refractivity contribution in [2.75, 3.05) is 6.61 Å². The number of ether oxygens (including phenoxy) is 1. The first kappa shape index (κ1) is 23.4. The van der Waals surface area contributed by atoms with Crippen LogP contribution in [0.1, 0.15) is 60.1 Å². The Hall–Kier alpha value is -3.79. The SMILES string of the molecule is CCCCCCOc1ccc(C(=O)NC(c2ccccc2)c2c(O)ccc3ccccc23)cc1. The monoisotopic (exact) mass is 453 g/mol. The maximum atomic E-state index is 13.3. The van der Waals surface area contributed by atoms with Crippen LogP contribution in [0.3, 0.4) is 0 Å². The van der Waals surface area contributed by atoms with Gasteiger partial charge in [-0.1, -0.05) is 86.8 Å². The summed E-state index contributed by atoms with van der Waals surface area (Å²) < 4.78 is 5.81. The van der Waals surface area contributed by atoms with E-state index < -0.39 is 6.04 Å². The van der Waals surface area contributed by atoms with E-state index in [1.165, 1.54) is 19.3 Å². The topological polar surface area (TPSA) is 58.6 Å². The van der Waals surface area contributed by atoms with Gasteiger partial charge in [0, 0.05) is 11.1 Å². The highest BCUT2D eigenvalue weighted by molar-refractivity contribution is 5.96. The van der Waals surface area contributed by atoms with Crippen LogP contribution < -0.4 is 10.1 Å². The number of hydrogen-bond acceptors (Lipinski definition) is 3. The third-order valence-corrected chi connectivity index (χ3v) is 6.03. The Morgan fingerprint density at radius 3 is 2.35 bits per heavy atom. The number of benzene rings is 4. The molecular formula is C30H31NO3. The lowest BCUT2D eigenvalue weighted by Crippen LogP contribution is -2.29. The molecule has 0 heterocycles. The molecule has 0 aliphatic rings. The van der Waals surface area contributed by atoms with E-state index in [2.05, 4.69) is 12.2 Å². The van der Waals surface area contributed by atoms with Crippen LogP contribution in [0.15, 0.2) is 91.0 Å². The molecule has 0 aliphatic heterocycles. The molecule has 0 fully saturated rings. The van der Waals surface area contributed by atoms with Crippen molar-refractivity contribution in [1.82, 2.24) is 5.32 Å². The number of fused-ring (bicyclic) bond motifs is 1. The van der Waals surface area contributed by atoms with E-state index in [0.29, 0.717) is 17.7 Å². The highest BCUT2D eigenvalue weighted by Gasteiger charge is 2.23. The third kappa shape index (κ3) is 5.57. The minimum absolute atomic E-state index is 0.152. The van der Waals surface area contributed by atoms with E-state index >= 15 is 0 Å². The summed E-state index contributed by atoms with van der Waals surface area (Å²) in [6.45, 7) is 2.87. The van der Waals surface area contributed by atoms with Gasteiger partial charge in [-0.3, -0.25) is 4.79 Å². The third-order valence-electron chi connectivity index (χ3n) is 6.03. The first-order chi connectivity index (χ1) is 16.7. The van der Waals surface area contributed by atoms with E-state index in [9.17, 15) is 9.90 Å². The van der Waals surface area contributed by atoms with Crippen molar-refractivity contribution < 1.29 is 14.6 Å². The predicted octanol–water partition coefficient (Wildman–Crippen LogP) is 7.02. The van der Waals surface area contributed by atoms with Crippen molar-refractivity contribution in [3.63, 3.8) is 0 Å². The summed E-state index contributed by atoms with van der Waals surface area (Å²) in [5.41, 5.74) is 2.12. The molecule has 4 heteroatoms. The number of nitrogens with one attached hydrogen (secondary N) is 1. The van der Waals surface area contributed by atoms with Crippen molar-refractivity contribution in [2.45, 2.75) is 38.6 Å². The number of phenols is 1. The number of rotatable bonds is 10. The van der Waals surface area contributed by atoms with Gasteiger partial charge in [0.1, 0.15) is 11.5 Å². The standard InChI is InChI=1S/C30H31NO3/c1-2-3-4-10-21-34-25-18-15-24(16-19-25)30(33)31-29(23-12-6-5-7-13-23)28-26-14-9-8-11-22(26)17-20-27(28)32/h5-9,11-20,29,32H,2-4,10,21H2,1H3,(H,31,33). The highest BCUT2D eigenvalue weighted by Crippen LogP contribution is 2.36. The zero-order chi connectivity index (χ0) is 23.8. The van der Waals surface area contributed by atoms with Gasteiger partial charge in [-0.15, -0.1) is 0 Å². The number of aromatic hydroxyl groups is 1. The fourth-order valence-corrected chi connectivity index (χ4v) is 4.19. The molecule has 1 atom stereocenters. The maximum absolute atomic E-state index is 13.3. The minimum Gasteiger partial charge on any atom is -0.508 e. The van der Waals surface area contributed by atoms with E-state index in [0.717, 1.165) is 28.5 Å². The quantitative estimate of drug-likeness (QED) is 0.254. The molecule has 174 valence electrons. The largest absolute Gasteiger partial charge is 0.508 e. The molecule has 4 aromatic carbocycles. The molecule has 0 spiro atoms. The van der Waals surface area contributed by atoms with Crippen molar-refractivity contribution >= 4 is 16.7 Å². The van der Waals surface area contributed by atoms with Gasteiger partial charge >= 0.3 is 0 Å². The van der Waals surface area contributed by atoms with Crippen LogP contribution >= 0.6 is 0 Å². The molecule has 0 saturated carbocycles. The molecule has 2 N–H and O–H groups in total. The van der Waals surface area contributed by atoms with Gasteiger partial charge in [0.2, 0.25) is 0 Å². The molecule has 0 bridgehead atoms. The van der Waals surface area contributed by atoms with Gasteiger partial charge in [0.05, 0.1) is 12.6 Å². The normalized spacial score (nSPS) is 11.8. The average Bonchev–Trinajstić information content (AvgIpc) is 2.88. The summed E-state index contributed by atoms with van der Waals surface area (Å²) in [7, 11) is 0. The van der Waals surface area contributed by atoms with Gasteiger partial charge in [-0.25, -0.2) is 0 Å². The average molecular weight is 454 g/mol. The van der Waals surface area contributed by atoms with Gasteiger partial charge in [-0.2, -0.15) is 0 Å². The zero-order valence-corrected chi connectivity index (χ0v) is 19.5. The number of carbonyl (C=O) groups excluding carboxylic acids is 1. The summed E-state index contributed by atoms with van der Waals surface area (Å²) in [6, 6.07) is 27.9. The molecule has 34 heavy (non-hydrogen) atoms. The Bertz CT molecular complexity index is 1220. The first-order valence-electron chi connectivity index (χ1n) is 12.0. The lowest BCUT2D eigenvalue weighted by atomic mass is 9.92. The lowest BCUT2D eigenvalue weighted by Gasteiger charge is -2.23. The maximum Gasteiger partial charge on any atom is 0.252 e. The van der Waals surface area contributed by atoms with Crippen LogP contribution in [-0.4, -0.2) is 17.6 Å². The Morgan fingerprint density at radius 1 is 0.853 bits per heavy atom. The molecular weight excluding hydrogens is 422 g/mol. The zero-order valence-electron chi connectivity index (χ0n) is 19.5. The summed E-state index contributed by atoms with van der Waals surface area (Å²) in [5, 5.41) is 15.9. The fraction of sp³-hybridized carbons (Fsp3) is 0.233. The number of carbonyl (C=O) groups is 1. The fourth-order valence-electron chi connectivity index (χ4n) is 4.19. The summed E-state index contributed by atoms with van der Waals surface area (Å²) in [6.07, 6.45) is 4.61. The Labute approximate surface area is 201 Å². The van der Waals surface area contributed by atoms with Gasteiger partial charge in [0.15, 0.2) is 0 Å². The second kappa shape index (κ2) is 11.4. The van der Waals surface area contributed by atoms with Gasteiger partial charge in [-0.05, 0) is 53.1 Å². The van der Waals surface area contributed by atoms with Crippen LogP contribution in [0, 0.1) is 0 Å². The van der Waals surface area contributed by atoms with E-state index in [1.54, 1.807) is 18.2 Å². The Kier molecular flexibility index (Phi) is 7.82. The smallest absolute Gasteiger partial charge is 0.252 e. The Balaban J connectivity index is 1.57. The number of amides is 1. The molecule has 4 nitrogen and oxygen atoms in total. The molecule has 1 unspecified atom stereocenters. The summed E-state index contributed by atoms with van der Waals surface area (Å²) >= 11 is 0. The minimum atomic E-state index is -0.505. The van der Waals surface area contributed by atoms with Crippen molar-refractivity contribution in [3.8, 4) is 11.5 Å². The number of hydrogen-bond donors (Lipinski definition) is 2. The van der Waals surface area contributed by atoms with Crippen molar-refractivity contribution in [2.24, 2.45) is 0 Å². The second-order valence-electron chi connectivity index (χ2n) is 8.47. The van der Waals surface area contributed by atoms with Gasteiger partial charge < -0.3 is 15.2 Å². The molecule has 0 aromatic heterocycles. The molecule has 4 rings (SSSR count). The molecule has 4 aromatic rings. The van der Waals surface area contributed by atoms with E-state index in [-0.39, 0.29) is 11.7 Å². The molecule has 0 saturated heterocycles. The van der Waals surface area contributed by atoms with Crippen LogP contribution in [0.4, 0.5) is 0 Å².